The fourth-order valence-corrected chi connectivity index (χ4v) is 4.91. The number of nitro groups is 1. The summed E-state index contributed by atoms with van der Waals surface area (Å²) in [4.78, 5) is 23.2. The lowest BCUT2D eigenvalue weighted by Crippen LogP contribution is -2.23. The maximum Gasteiger partial charge on any atom is 0.271 e. The van der Waals surface area contributed by atoms with Crippen LogP contribution in [0.25, 0.3) is 11.6 Å². The van der Waals surface area contributed by atoms with Crippen molar-refractivity contribution in [3.05, 3.63) is 51.7 Å². The molecule has 0 aliphatic heterocycles. The lowest BCUT2D eigenvalue weighted by atomic mass is 9.95. The van der Waals surface area contributed by atoms with Crippen molar-refractivity contribution in [2.45, 2.75) is 55.5 Å². The molecule has 0 radical (unpaired) electrons. The first-order valence-electron chi connectivity index (χ1n) is 10.3. The molecule has 9 nitrogen and oxygen atoms in total. The Morgan fingerprint density at radius 1 is 1.31 bits per heavy atom. The number of non-ortho nitro benzene ring substituents is 1. The summed E-state index contributed by atoms with van der Waals surface area (Å²) < 4.78 is 7.65. The minimum Gasteiger partial charge on any atom is -0.461 e. The molecule has 32 heavy (non-hydrogen) atoms. The summed E-state index contributed by atoms with van der Waals surface area (Å²) >= 11 is 7.41. The number of carbonyl (C=O) groups is 1. The summed E-state index contributed by atoms with van der Waals surface area (Å²) in [6, 6.07) is 7.85. The predicted molar refractivity (Wildman–Crippen MR) is 122 cm³/mol. The number of rotatable bonds is 7. The first-order chi connectivity index (χ1) is 15.4. The fourth-order valence-electron chi connectivity index (χ4n) is 3.76. The molecular weight excluding hydrogens is 454 g/mol. The van der Waals surface area contributed by atoms with E-state index in [1.165, 1.54) is 36.4 Å². The van der Waals surface area contributed by atoms with Gasteiger partial charge in [0.1, 0.15) is 0 Å². The second-order valence-electron chi connectivity index (χ2n) is 7.62. The number of nitrogens with zero attached hydrogens (tertiary/aromatic N) is 4. The van der Waals surface area contributed by atoms with Crippen molar-refractivity contribution in [1.82, 2.24) is 14.8 Å². The van der Waals surface area contributed by atoms with Crippen LogP contribution in [-0.2, 0) is 4.79 Å². The summed E-state index contributed by atoms with van der Waals surface area (Å²) in [6.45, 7) is 1.77. The molecule has 2 heterocycles. The molecule has 1 saturated carbocycles. The van der Waals surface area contributed by atoms with Crippen molar-refractivity contribution in [1.29, 1.82) is 0 Å². The number of hydrogen-bond acceptors (Lipinski definition) is 7. The molecule has 1 aromatic carbocycles. The second kappa shape index (κ2) is 9.74. The van der Waals surface area contributed by atoms with E-state index >= 15 is 0 Å². The number of anilines is 1. The number of hydrogen-bond donors (Lipinski definition) is 1. The highest BCUT2D eigenvalue weighted by atomic mass is 35.5. The van der Waals surface area contributed by atoms with Crippen LogP contribution >= 0.6 is 23.4 Å². The van der Waals surface area contributed by atoms with Crippen molar-refractivity contribution < 1.29 is 14.1 Å². The molecule has 1 N–H and O–H groups in total. The molecule has 1 atom stereocenters. The average Bonchev–Trinajstić information content (AvgIpc) is 3.45. The molecule has 0 spiro atoms. The third kappa shape index (κ3) is 4.81. The second-order valence-corrected chi connectivity index (χ2v) is 9.33. The van der Waals surface area contributed by atoms with Crippen LogP contribution in [0, 0.1) is 10.1 Å². The van der Waals surface area contributed by atoms with E-state index in [-0.39, 0.29) is 22.7 Å². The highest BCUT2D eigenvalue weighted by Crippen LogP contribution is 2.37. The van der Waals surface area contributed by atoms with Crippen molar-refractivity contribution in [2.24, 2.45) is 0 Å². The maximum absolute atomic E-state index is 12.8. The quantitative estimate of drug-likeness (QED) is 0.263. The van der Waals surface area contributed by atoms with Crippen LogP contribution in [0.15, 0.2) is 46.2 Å². The van der Waals surface area contributed by atoms with E-state index in [0.29, 0.717) is 22.4 Å². The predicted octanol–water partition coefficient (Wildman–Crippen LogP) is 5.72. The number of nitro benzene ring substituents is 1. The minimum absolute atomic E-state index is 0.107. The number of amides is 1. The van der Waals surface area contributed by atoms with Gasteiger partial charge in [-0.25, -0.2) is 0 Å². The maximum atomic E-state index is 12.8. The summed E-state index contributed by atoms with van der Waals surface area (Å²) in [6.07, 6.45) is 7.15. The van der Waals surface area contributed by atoms with Crippen molar-refractivity contribution in [2.75, 3.05) is 5.32 Å². The number of thioether (sulfide) groups is 1. The molecule has 4 rings (SSSR count). The van der Waals surface area contributed by atoms with Crippen LogP contribution in [0.4, 0.5) is 11.4 Å². The molecule has 168 valence electrons. The van der Waals surface area contributed by atoms with Gasteiger partial charge in [-0.05, 0) is 38.0 Å². The van der Waals surface area contributed by atoms with Gasteiger partial charge in [-0.1, -0.05) is 42.6 Å². The van der Waals surface area contributed by atoms with Crippen LogP contribution in [0.5, 0.6) is 0 Å². The number of halogens is 1. The SMILES string of the molecule is CC(Sc1nnc(-c2ccco2)n1C1CCCCC1)C(=O)Nc1ccc([N+](=O)[O-])cc1Cl. The Labute approximate surface area is 193 Å². The molecule has 1 aliphatic carbocycles. The van der Waals surface area contributed by atoms with E-state index < -0.39 is 10.2 Å². The molecule has 0 saturated heterocycles. The highest BCUT2D eigenvalue weighted by Gasteiger charge is 2.27. The van der Waals surface area contributed by atoms with Crippen molar-refractivity contribution in [3.63, 3.8) is 0 Å². The van der Waals surface area contributed by atoms with Crippen molar-refractivity contribution >= 4 is 40.6 Å². The Morgan fingerprint density at radius 2 is 2.09 bits per heavy atom. The monoisotopic (exact) mass is 475 g/mol. The van der Waals surface area contributed by atoms with Gasteiger partial charge in [0.05, 0.1) is 27.1 Å². The van der Waals surface area contributed by atoms with Gasteiger partial charge in [-0.15, -0.1) is 10.2 Å². The summed E-state index contributed by atoms with van der Waals surface area (Å²) in [7, 11) is 0. The van der Waals surface area contributed by atoms with Gasteiger partial charge in [0.2, 0.25) is 11.7 Å². The third-order valence-corrected chi connectivity index (χ3v) is 6.79. The van der Waals surface area contributed by atoms with Crippen LogP contribution in [0.3, 0.4) is 0 Å². The van der Waals surface area contributed by atoms with Gasteiger partial charge in [0, 0.05) is 18.2 Å². The Morgan fingerprint density at radius 3 is 2.75 bits per heavy atom. The van der Waals surface area contributed by atoms with E-state index in [1.54, 1.807) is 13.2 Å². The number of furan rings is 1. The Bertz CT molecular complexity index is 1110. The Balaban J connectivity index is 1.53. The molecular formula is C21H22ClN5O4S. The van der Waals surface area contributed by atoms with E-state index in [9.17, 15) is 14.9 Å². The van der Waals surface area contributed by atoms with Crippen LogP contribution in [0.1, 0.15) is 45.1 Å². The number of benzene rings is 1. The van der Waals surface area contributed by atoms with E-state index in [1.807, 2.05) is 12.1 Å². The van der Waals surface area contributed by atoms with E-state index in [0.717, 1.165) is 25.7 Å². The minimum atomic E-state index is -0.537. The van der Waals surface area contributed by atoms with Gasteiger partial charge in [-0.3, -0.25) is 19.5 Å². The summed E-state index contributed by atoms with van der Waals surface area (Å²) in [5.41, 5.74) is 0.182. The van der Waals surface area contributed by atoms with Gasteiger partial charge in [-0.2, -0.15) is 0 Å². The van der Waals surface area contributed by atoms with Gasteiger partial charge in [0.15, 0.2) is 10.9 Å². The molecule has 0 bridgehead atoms. The Hall–Kier alpha value is -2.85. The van der Waals surface area contributed by atoms with Gasteiger partial charge >= 0.3 is 0 Å². The normalized spacial score (nSPS) is 15.4. The lowest BCUT2D eigenvalue weighted by Gasteiger charge is -2.25. The third-order valence-electron chi connectivity index (χ3n) is 5.42. The fraction of sp³-hybridized carbons (Fsp3) is 0.381. The lowest BCUT2D eigenvalue weighted by molar-refractivity contribution is -0.384. The topological polar surface area (TPSA) is 116 Å². The first-order valence-corrected chi connectivity index (χ1v) is 11.6. The molecule has 1 aliphatic rings. The summed E-state index contributed by atoms with van der Waals surface area (Å²) in [5, 5.41) is 22.6. The largest absolute Gasteiger partial charge is 0.461 e. The summed E-state index contributed by atoms with van der Waals surface area (Å²) in [5.74, 6) is 1.02. The number of aromatic nitrogens is 3. The first kappa shape index (κ1) is 22.3. The van der Waals surface area contributed by atoms with Crippen LogP contribution < -0.4 is 5.32 Å². The molecule has 1 fully saturated rings. The number of carbonyl (C=O) groups excluding carboxylic acids is 1. The van der Waals surface area contributed by atoms with Gasteiger partial charge in [0.25, 0.3) is 5.69 Å². The zero-order valence-electron chi connectivity index (χ0n) is 17.4. The zero-order valence-corrected chi connectivity index (χ0v) is 18.9. The van der Waals surface area contributed by atoms with Crippen LogP contribution in [0.2, 0.25) is 5.02 Å². The molecule has 1 amide bonds. The molecule has 1 unspecified atom stereocenters. The van der Waals surface area contributed by atoms with E-state index in [2.05, 4.69) is 20.1 Å². The molecule has 11 heteroatoms. The smallest absolute Gasteiger partial charge is 0.271 e. The van der Waals surface area contributed by atoms with E-state index in [4.69, 9.17) is 16.0 Å². The highest BCUT2D eigenvalue weighted by molar-refractivity contribution is 8.00. The number of nitrogens with one attached hydrogen (secondary N) is 1. The molecule has 2 aromatic heterocycles. The van der Waals surface area contributed by atoms with Crippen LogP contribution in [-0.4, -0.2) is 30.8 Å². The standard InChI is InChI=1S/C21H22ClN5O4S/c1-13(20(28)23-17-10-9-15(27(29)30)12-16(17)22)32-21-25-24-19(18-8-5-11-31-18)26(21)14-6-3-2-4-7-14/h5,8-14H,2-4,6-7H2,1H3,(H,23,28). The van der Waals surface area contributed by atoms with Crippen molar-refractivity contribution in [3.8, 4) is 11.6 Å². The molecule has 3 aromatic rings. The average molecular weight is 476 g/mol. The van der Waals surface area contributed by atoms with Gasteiger partial charge < -0.3 is 9.73 Å². The zero-order chi connectivity index (χ0) is 22.7. The Kier molecular flexibility index (Phi) is 6.80.